The van der Waals surface area contributed by atoms with E-state index in [1.54, 1.807) is 0 Å². The van der Waals surface area contributed by atoms with Gasteiger partial charge in [0.05, 0.1) is 13.2 Å². The molecule has 3 unspecified atom stereocenters. The van der Waals surface area contributed by atoms with Crippen LogP contribution in [0.1, 0.15) is 19.8 Å². The Hall–Kier alpha value is -2.93. The van der Waals surface area contributed by atoms with Gasteiger partial charge in [-0.15, -0.1) is 0 Å². The first-order chi connectivity index (χ1) is 12.6. The first-order valence-corrected chi connectivity index (χ1v) is 8.10. The number of nitrogens with zero attached hydrogens (tertiary/aromatic N) is 1. The number of aliphatic imine (C=N–C) groups is 1. The zero-order chi connectivity index (χ0) is 21.0. The Morgan fingerprint density at radius 2 is 1.74 bits per heavy atom. The maximum Gasteiger partial charge on any atom is 0.326 e. The van der Waals surface area contributed by atoms with Crippen molar-refractivity contribution in [1.29, 1.82) is 0 Å². The van der Waals surface area contributed by atoms with Gasteiger partial charge < -0.3 is 43.4 Å². The average Bonchev–Trinajstić information content (AvgIpc) is 2.60. The molecule has 0 radical (unpaired) electrons. The van der Waals surface area contributed by atoms with Crippen LogP contribution in [0.15, 0.2) is 4.99 Å². The van der Waals surface area contributed by atoms with Crippen LogP contribution in [0.2, 0.25) is 0 Å². The Morgan fingerprint density at radius 1 is 1.11 bits per heavy atom. The summed E-state index contributed by atoms with van der Waals surface area (Å²) in [5.74, 6) is -3.48. The molecular formula is C14H27N7O6. The third-order valence-corrected chi connectivity index (χ3v) is 3.29. The minimum atomic E-state index is -1.24. The lowest BCUT2D eigenvalue weighted by Gasteiger charge is -2.17. The van der Waals surface area contributed by atoms with Gasteiger partial charge in [-0.2, -0.15) is 0 Å². The molecule has 13 nitrogen and oxygen atoms in total. The molecule has 27 heavy (non-hydrogen) atoms. The fourth-order valence-electron chi connectivity index (χ4n) is 1.80. The van der Waals surface area contributed by atoms with E-state index in [0.717, 1.165) is 0 Å². The van der Waals surface area contributed by atoms with Crippen LogP contribution in [0.25, 0.3) is 0 Å². The highest BCUT2D eigenvalue weighted by molar-refractivity contribution is 5.92. The number of carbonyl (C=O) groups excluding carboxylic acids is 3. The smallest absolute Gasteiger partial charge is 0.326 e. The van der Waals surface area contributed by atoms with Crippen molar-refractivity contribution < 1.29 is 29.4 Å². The number of amides is 3. The number of hydrogen-bond donors (Lipinski definition) is 8. The maximum atomic E-state index is 11.8. The van der Waals surface area contributed by atoms with E-state index in [1.807, 2.05) is 0 Å². The van der Waals surface area contributed by atoms with Crippen LogP contribution in [0.5, 0.6) is 0 Å². The molecule has 0 aliphatic rings. The van der Waals surface area contributed by atoms with Crippen molar-refractivity contribution in [3.8, 4) is 0 Å². The molecule has 3 atom stereocenters. The molecule has 0 heterocycles. The predicted molar refractivity (Wildman–Crippen MR) is 95.2 cm³/mol. The zero-order valence-electron chi connectivity index (χ0n) is 15.0. The number of aliphatic hydroxyl groups excluding tert-OH is 1. The molecule has 0 aliphatic heterocycles. The fourth-order valence-corrected chi connectivity index (χ4v) is 1.80. The van der Waals surface area contributed by atoms with Gasteiger partial charge in [-0.25, -0.2) is 4.79 Å². The van der Waals surface area contributed by atoms with Gasteiger partial charge in [0.2, 0.25) is 17.7 Å². The van der Waals surface area contributed by atoms with E-state index >= 15 is 0 Å². The molecule has 0 aromatic rings. The second-order valence-electron chi connectivity index (χ2n) is 5.64. The lowest BCUT2D eigenvalue weighted by atomic mass is 10.1. The molecule has 0 spiro atoms. The summed E-state index contributed by atoms with van der Waals surface area (Å²) in [5.41, 5.74) is 15.6. The lowest BCUT2D eigenvalue weighted by molar-refractivity contribution is -0.142. The summed E-state index contributed by atoms with van der Waals surface area (Å²) < 4.78 is 0. The van der Waals surface area contributed by atoms with Gasteiger partial charge >= 0.3 is 5.97 Å². The van der Waals surface area contributed by atoms with Crippen LogP contribution in [0, 0.1) is 0 Å². The summed E-state index contributed by atoms with van der Waals surface area (Å²) in [6, 6.07) is -3.33. The lowest BCUT2D eigenvalue weighted by Crippen LogP contribution is -2.53. The molecule has 11 N–H and O–H groups in total. The molecule has 0 fully saturated rings. The van der Waals surface area contributed by atoms with Crippen LogP contribution in [0.4, 0.5) is 0 Å². The molecule has 0 saturated carbocycles. The van der Waals surface area contributed by atoms with Gasteiger partial charge in [-0.3, -0.25) is 19.4 Å². The molecule has 13 heteroatoms. The molecule has 0 aliphatic carbocycles. The predicted octanol–water partition coefficient (Wildman–Crippen LogP) is -4.45. The number of aliphatic carboxylic acids is 1. The summed E-state index contributed by atoms with van der Waals surface area (Å²) >= 11 is 0. The summed E-state index contributed by atoms with van der Waals surface area (Å²) in [7, 11) is 0. The number of guanidine groups is 1. The quantitative estimate of drug-likeness (QED) is 0.0911. The summed E-state index contributed by atoms with van der Waals surface area (Å²) in [6.45, 7) is 0.510. The van der Waals surface area contributed by atoms with Crippen LogP contribution in [0.3, 0.4) is 0 Å². The van der Waals surface area contributed by atoms with E-state index in [-0.39, 0.29) is 18.9 Å². The van der Waals surface area contributed by atoms with Crippen LogP contribution < -0.4 is 33.2 Å². The van der Waals surface area contributed by atoms with Crippen molar-refractivity contribution >= 4 is 29.7 Å². The van der Waals surface area contributed by atoms with Gasteiger partial charge in [-0.05, 0) is 19.8 Å². The van der Waals surface area contributed by atoms with Gasteiger partial charge in [0.15, 0.2) is 5.96 Å². The third kappa shape index (κ3) is 10.6. The minimum Gasteiger partial charge on any atom is -0.480 e. The number of nitrogens with two attached hydrogens (primary N) is 3. The third-order valence-electron chi connectivity index (χ3n) is 3.29. The van der Waals surface area contributed by atoms with Crippen LogP contribution in [-0.2, 0) is 19.2 Å². The Morgan fingerprint density at radius 3 is 2.26 bits per heavy atom. The van der Waals surface area contributed by atoms with Crippen molar-refractivity contribution in [1.82, 2.24) is 16.0 Å². The number of rotatable bonds is 12. The van der Waals surface area contributed by atoms with E-state index < -0.39 is 55.0 Å². The molecular weight excluding hydrogens is 362 g/mol. The number of hydrogen-bond acceptors (Lipinski definition) is 7. The van der Waals surface area contributed by atoms with E-state index in [0.29, 0.717) is 6.42 Å². The summed E-state index contributed by atoms with van der Waals surface area (Å²) in [6.07, 6.45) is 0.424. The van der Waals surface area contributed by atoms with Crippen molar-refractivity contribution in [3.05, 3.63) is 0 Å². The Labute approximate surface area is 155 Å². The second kappa shape index (κ2) is 12.4. The van der Waals surface area contributed by atoms with Crippen LogP contribution in [-0.4, -0.2) is 77.7 Å². The van der Waals surface area contributed by atoms with Gasteiger partial charge in [-0.1, -0.05) is 0 Å². The van der Waals surface area contributed by atoms with Crippen molar-refractivity contribution in [2.24, 2.45) is 22.2 Å². The summed E-state index contributed by atoms with van der Waals surface area (Å²) in [5, 5.41) is 24.6. The standard InChI is InChI=1S/C14H27N7O6/c1-7(20-12(25)8(15)6-22)11(24)19-5-10(23)21-9(13(26)27)3-2-4-18-14(16)17/h7-9,22H,2-6,15H2,1H3,(H,19,24)(H,20,25)(H,21,23)(H,26,27)(H4,16,17,18). The van der Waals surface area contributed by atoms with Crippen LogP contribution >= 0.6 is 0 Å². The number of aliphatic hydroxyl groups is 1. The Kier molecular flexibility index (Phi) is 11.1. The highest BCUT2D eigenvalue weighted by Crippen LogP contribution is 1.98. The SMILES string of the molecule is CC(NC(=O)C(N)CO)C(=O)NCC(=O)NC(CCCN=C(N)N)C(=O)O. The highest BCUT2D eigenvalue weighted by Gasteiger charge is 2.22. The van der Waals surface area contributed by atoms with Crippen molar-refractivity contribution in [2.75, 3.05) is 19.7 Å². The number of nitrogens with one attached hydrogen (secondary N) is 3. The van der Waals surface area contributed by atoms with Gasteiger partial charge in [0.25, 0.3) is 0 Å². The van der Waals surface area contributed by atoms with Crippen molar-refractivity contribution in [3.63, 3.8) is 0 Å². The van der Waals surface area contributed by atoms with Gasteiger partial charge in [0, 0.05) is 6.54 Å². The largest absolute Gasteiger partial charge is 0.480 e. The zero-order valence-corrected chi connectivity index (χ0v) is 15.0. The van der Waals surface area contributed by atoms with E-state index in [4.69, 9.17) is 27.4 Å². The van der Waals surface area contributed by atoms with E-state index in [2.05, 4.69) is 20.9 Å². The molecule has 0 aromatic heterocycles. The Bertz CT molecular complexity index is 564. The van der Waals surface area contributed by atoms with E-state index in [9.17, 15) is 19.2 Å². The van der Waals surface area contributed by atoms with Crippen molar-refractivity contribution in [2.45, 2.75) is 37.9 Å². The molecule has 0 bridgehead atoms. The van der Waals surface area contributed by atoms with E-state index in [1.165, 1.54) is 6.92 Å². The molecule has 0 rings (SSSR count). The summed E-state index contributed by atoms with van der Waals surface area (Å²) in [4.78, 5) is 50.0. The Balaban J connectivity index is 4.37. The topological polar surface area (TPSA) is 235 Å². The fraction of sp³-hybridized carbons (Fsp3) is 0.643. The molecule has 154 valence electrons. The normalized spacial score (nSPS) is 13.6. The molecule has 0 saturated heterocycles. The second-order valence-corrected chi connectivity index (χ2v) is 5.64. The maximum absolute atomic E-state index is 11.8. The number of carboxylic acids is 1. The number of carboxylic acid groups (broad SMARTS) is 1. The first-order valence-electron chi connectivity index (χ1n) is 8.10. The highest BCUT2D eigenvalue weighted by atomic mass is 16.4. The average molecular weight is 389 g/mol. The number of carbonyl (C=O) groups is 4. The van der Waals surface area contributed by atoms with Gasteiger partial charge in [0.1, 0.15) is 18.1 Å². The first kappa shape index (κ1) is 24.1. The molecule has 3 amide bonds. The monoisotopic (exact) mass is 389 g/mol. The molecule has 0 aromatic carbocycles. The minimum absolute atomic E-state index is 0.0946.